The molecule has 84 valence electrons. The summed E-state index contributed by atoms with van der Waals surface area (Å²) in [4.78, 5) is 4.28. The number of nitrogens with zero attached hydrogens (tertiary/aromatic N) is 3. The molecule has 1 aromatic rings. The summed E-state index contributed by atoms with van der Waals surface area (Å²) in [6, 6.07) is 0. The highest BCUT2D eigenvalue weighted by molar-refractivity contribution is 4.88. The lowest BCUT2D eigenvalue weighted by molar-refractivity contribution is 0.274. The Bertz CT molecular complexity index is 301. The van der Waals surface area contributed by atoms with Crippen molar-refractivity contribution in [3.05, 3.63) is 12.2 Å². The minimum Gasteiger partial charge on any atom is -0.316 e. The maximum atomic E-state index is 4.28. The van der Waals surface area contributed by atoms with Gasteiger partial charge < -0.3 is 5.32 Å². The number of rotatable bonds is 3. The number of aromatic nitrogens is 3. The van der Waals surface area contributed by atoms with Gasteiger partial charge in [-0.05, 0) is 37.8 Å². The van der Waals surface area contributed by atoms with E-state index in [0.717, 1.165) is 18.2 Å². The molecule has 15 heavy (non-hydrogen) atoms. The van der Waals surface area contributed by atoms with Crippen LogP contribution in [0.2, 0.25) is 0 Å². The zero-order chi connectivity index (χ0) is 10.7. The summed E-state index contributed by atoms with van der Waals surface area (Å²) in [5.41, 5.74) is 0. The summed E-state index contributed by atoms with van der Waals surface area (Å²) in [7, 11) is 1.97. The summed E-state index contributed by atoms with van der Waals surface area (Å²) in [6.45, 7) is 4.68. The molecular formula is C11H20N4. The molecule has 0 aliphatic carbocycles. The summed E-state index contributed by atoms with van der Waals surface area (Å²) >= 11 is 0. The fraction of sp³-hybridized carbons (Fsp3) is 0.818. The van der Waals surface area contributed by atoms with Crippen LogP contribution in [0.15, 0.2) is 6.33 Å². The molecule has 2 heterocycles. The second kappa shape index (κ2) is 4.75. The normalized spacial score (nSPS) is 24.0. The minimum absolute atomic E-state index is 0.695. The van der Waals surface area contributed by atoms with Crippen LogP contribution >= 0.6 is 0 Å². The summed E-state index contributed by atoms with van der Waals surface area (Å²) in [5.74, 6) is 2.60. The predicted molar refractivity (Wildman–Crippen MR) is 59.5 cm³/mol. The van der Waals surface area contributed by atoms with Crippen LogP contribution in [0.5, 0.6) is 0 Å². The molecule has 2 unspecified atom stereocenters. The number of hydrogen-bond donors (Lipinski definition) is 1. The van der Waals surface area contributed by atoms with E-state index < -0.39 is 0 Å². The first-order valence-corrected chi connectivity index (χ1v) is 5.81. The third-order valence-electron chi connectivity index (χ3n) is 3.45. The monoisotopic (exact) mass is 208 g/mol. The molecule has 1 N–H and O–H groups in total. The van der Waals surface area contributed by atoms with Gasteiger partial charge in [-0.25, -0.2) is 4.98 Å². The van der Waals surface area contributed by atoms with Gasteiger partial charge >= 0.3 is 0 Å². The van der Waals surface area contributed by atoms with Gasteiger partial charge in [0, 0.05) is 13.5 Å². The van der Waals surface area contributed by atoms with Gasteiger partial charge in [-0.1, -0.05) is 6.92 Å². The molecule has 1 aromatic heterocycles. The molecule has 2 rings (SSSR count). The Morgan fingerprint density at radius 2 is 2.53 bits per heavy atom. The number of hydrogen-bond acceptors (Lipinski definition) is 3. The van der Waals surface area contributed by atoms with Crippen LogP contribution in [0, 0.1) is 11.8 Å². The Balaban J connectivity index is 1.91. The van der Waals surface area contributed by atoms with Crippen molar-refractivity contribution in [2.24, 2.45) is 18.9 Å². The second-order valence-corrected chi connectivity index (χ2v) is 4.59. The van der Waals surface area contributed by atoms with Crippen LogP contribution in [0.1, 0.15) is 25.6 Å². The first-order valence-electron chi connectivity index (χ1n) is 5.81. The first kappa shape index (κ1) is 10.6. The standard InChI is InChI=1S/C11H20N4/c1-9(10-4-3-5-12-7-10)6-11-13-8-14-15(11)2/h8-10,12H,3-7H2,1-2H3. The SMILES string of the molecule is CC(Cc1ncnn1C)C1CCCNC1. The van der Waals surface area contributed by atoms with Gasteiger partial charge in [0.15, 0.2) is 0 Å². The highest BCUT2D eigenvalue weighted by Crippen LogP contribution is 2.22. The highest BCUT2D eigenvalue weighted by Gasteiger charge is 2.21. The third kappa shape index (κ3) is 2.56. The molecule has 0 amide bonds. The third-order valence-corrected chi connectivity index (χ3v) is 3.45. The average Bonchev–Trinajstić information content (AvgIpc) is 2.66. The molecular weight excluding hydrogens is 188 g/mol. The van der Waals surface area contributed by atoms with Crippen LogP contribution < -0.4 is 5.32 Å². The Labute approximate surface area is 91.1 Å². The Morgan fingerprint density at radius 1 is 1.67 bits per heavy atom. The van der Waals surface area contributed by atoms with Crippen LogP contribution in [-0.2, 0) is 13.5 Å². The van der Waals surface area contributed by atoms with Gasteiger partial charge in [-0.3, -0.25) is 4.68 Å². The van der Waals surface area contributed by atoms with Gasteiger partial charge in [-0.15, -0.1) is 0 Å². The molecule has 0 bridgehead atoms. The molecule has 0 radical (unpaired) electrons. The number of piperidine rings is 1. The molecule has 0 saturated carbocycles. The maximum Gasteiger partial charge on any atom is 0.138 e. The van der Waals surface area contributed by atoms with Crippen molar-refractivity contribution in [1.29, 1.82) is 0 Å². The summed E-state index contributed by atoms with van der Waals surface area (Å²) in [5, 5.41) is 7.57. The number of nitrogens with one attached hydrogen (secondary N) is 1. The quantitative estimate of drug-likeness (QED) is 0.805. The van der Waals surface area contributed by atoms with Gasteiger partial charge in [0.2, 0.25) is 0 Å². The van der Waals surface area contributed by atoms with Crippen molar-refractivity contribution in [3.8, 4) is 0 Å². The van der Waals surface area contributed by atoms with E-state index in [0.29, 0.717) is 5.92 Å². The van der Waals surface area contributed by atoms with E-state index in [1.807, 2.05) is 11.7 Å². The lowest BCUT2D eigenvalue weighted by Crippen LogP contribution is -2.34. The van der Waals surface area contributed by atoms with E-state index in [1.54, 1.807) is 6.33 Å². The highest BCUT2D eigenvalue weighted by atomic mass is 15.3. The molecule has 1 fully saturated rings. The Kier molecular flexibility index (Phi) is 3.36. The average molecular weight is 208 g/mol. The zero-order valence-corrected chi connectivity index (χ0v) is 9.61. The molecule has 1 aliphatic rings. The van der Waals surface area contributed by atoms with Crippen molar-refractivity contribution in [1.82, 2.24) is 20.1 Å². The van der Waals surface area contributed by atoms with Crippen molar-refractivity contribution < 1.29 is 0 Å². The van der Waals surface area contributed by atoms with Crippen LogP contribution in [-0.4, -0.2) is 27.9 Å². The van der Waals surface area contributed by atoms with Crippen LogP contribution in [0.4, 0.5) is 0 Å². The molecule has 4 nitrogen and oxygen atoms in total. The van der Waals surface area contributed by atoms with E-state index in [9.17, 15) is 0 Å². The van der Waals surface area contributed by atoms with Gasteiger partial charge in [0.25, 0.3) is 0 Å². The predicted octanol–water partition coefficient (Wildman–Crippen LogP) is 0.993. The van der Waals surface area contributed by atoms with Crippen LogP contribution in [0.25, 0.3) is 0 Å². The fourth-order valence-corrected chi connectivity index (χ4v) is 2.32. The van der Waals surface area contributed by atoms with Gasteiger partial charge in [0.1, 0.15) is 12.2 Å². The molecule has 0 spiro atoms. The zero-order valence-electron chi connectivity index (χ0n) is 9.61. The van der Waals surface area contributed by atoms with Gasteiger partial charge in [-0.2, -0.15) is 5.10 Å². The minimum atomic E-state index is 0.695. The van der Waals surface area contributed by atoms with Crippen LogP contribution in [0.3, 0.4) is 0 Å². The van der Waals surface area contributed by atoms with E-state index >= 15 is 0 Å². The van der Waals surface area contributed by atoms with Crippen molar-refractivity contribution >= 4 is 0 Å². The molecule has 1 aliphatic heterocycles. The maximum absolute atomic E-state index is 4.28. The lowest BCUT2D eigenvalue weighted by Gasteiger charge is -2.28. The molecule has 0 aromatic carbocycles. The molecule has 4 heteroatoms. The Morgan fingerprint density at radius 3 is 3.13 bits per heavy atom. The second-order valence-electron chi connectivity index (χ2n) is 4.59. The van der Waals surface area contributed by atoms with Crippen molar-refractivity contribution in [2.75, 3.05) is 13.1 Å². The summed E-state index contributed by atoms with van der Waals surface area (Å²) in [6.07, 6.45) is 5.35. The van der Waals surface area contributed by atoms with E-state index in [2.05, 4.69) is 22.3 Å². The summed E-state index contributed by atoms with van der Waals surface area (Å²) < 4.78 is 1.88. The topological polar surface area (TPSA) is 42.7 Å². The smallest absolute Gasteiger partial charge is 0.138 e. The van der Waals surface area contributed by atoms with E-state index in [1.165, 1.54) is 25.9 Å². The Hall–Kier alpha value is -0.900. The fourth-order valence-electron chi connectivity index (χ4n) is 2.32. The van der Waals surface area contributed by atoms with Gasteiger partial charge in [0.05, 0.1) is 0 Å². The lowest BCUT2D eigenvalue weighted by atomic mass is 9.85. The largest absolute Gasteiger partial charge is 0.316 e. The molecule has 2 atom stereocenters. The van der Waals surface area contributed by atoms with Crippen molar-refractivity contribution in [3.63, 3.8) is 0 Å². The van der Waals surface area contributed by atoms with E-state index in [4.69, 9.17) is 0 Å². The van der Waals surface area contributed by atoms with E-state index in [-0.39, 0.29) is 0 Å². The number of aryl methyl sites for hydroxylation is 1. The first-order chi connectivity index (χ1) is 7.27. The molecule has 1 saturated heterocycles. The van der Waals surface area contributed by atoms with Crippen molar-refractivity contribution in [2.45, 2.75) is 26.2 Å².